The van der Waals surface area contributed by atoms with Crippen molar-refractivity contribution < 1.29 is 9.53 Å². The number of benzene rings is 1. The number of tetrazole rings is 1. The van der Waals surface area contributed by atoms with Crippen molar-refractivity contribution in [2.75, 3.05) is 0 Å². The van der Waals surface area contributed by atoms with Crippen LogP contribution in [0.4, 0.5) is 0 Å². The Kier molecular flexibility index (Phi) is 3.89. The summed E-state index contributed by atoms with van der Waals surface area (Å²) >= 11 is 0. The molecule has 0 aliphatic heterocycles. The summed E-state index contributed by atoms with van der Waals surface area (Å²) in [4.78, 5) is 11.7. The molecule has 6 nitrogen and oxygen atoms in total. The average molecular weight is 260 g/mol. The summed E-state index contributed by atoms with van der Waals surface area (Å²) < 4.78 is 6.57. The molecule has 0 N–H and O–H groups in total. The third-order valence-electron chi connectivity index (χ3n) is 2.78. The van der Waals surface area contributed by atoms with Crippen molar-refractivity contribution in [2.24, 2.45) is 0 Å². The lowest BCUT2D eigenvalue weighted by Crippen LogP contribution is -2.16. The van der Waals surface area contributed by atoms with E-state index in [2.05, 4.69) is 29.4 Å². The maximum Gasteiger partial charge on any atom is 0.333 e. The summed E-state index contributed by atoms with van der Waals surface area (Å²) in [5, 5.41) is 10.5. The van der Waals surface area contributed by atoms with Crippen LogP contribution < -0.4 is 4.74 Å². The summed E-state index contributed by atoms with van der Waals surface area (Å²) in [5.74, 6) is 0.593. The molecule has 2 rings (SSSR count). The molecule has 0 aliphatic rings. The van der Waals surface area contributed by atoms with Crippen molar-refractivity contribution in [1.29, 1.82) is 0 Å². The molecule has 0 aliphatic carbocycles. The third-order valence-corrected chi connectivity index (χ3v) is 2.78. The largest absolute Gasteiger partial charge is 0.425 e. The number of carbonyl (C=O) groups excluding carboxylic acids is 1. The zero-order chi connectivity index (χ0) is 13.8. The minimum absolute atomic E-state index is 0.00200. The Morgan fingerprint density at radius 2 is 2.21 bits per heavy atom. The van der Waals surface area contributed by atoms with Gasteiger partial charge < -0.3 is 4.74 Å². The predicted octanol–water partition coefficient (Wildman–Crippen LogP) is 1.71. The second-order valence-electron chi connectivity index (χ2n) is 4.65. The molecule has 1 heterocycles. The smallest absolute Gasteiger partial charge is 0.333 e. The van der Waals surface area contributed by atoms with Crippen LogP contribution in [-0.2, 0) is 11.3 Å². The van der Waals surface area contributed by atoms with E-state index >= 15 is 0 Å². The lowest BCUT2D eigenvalue weighted by atomic mass is 9.98. The zero-order valence-corrected chi connectivity index (χ0v) is 11.2. The maximum atomic E-state index is 11.7. The van der Waals surface area contributed by atoms with E-state index in [9.17, 15) is 4.79 Å². The molecule has 1 aromatic heterocycles. The van der Waals surface area contributed by atoms with Crippen molar-refractivity contribution in [3.8, 4) is 5.75 Å². The molecular formula is C13H16N4O2. The van der Waals surface area contributed by atoms with Gasteiger partial charge in [0.25, 0.3) is 0 Å². The van der Waals surface area contributed by atoms with Gasteiger partial charge >= 0.3 is 5.97 Å². The predicted molar refractivity (Wildman–Crippen MR) is 68.7 cm³/mol. The number of hydrogen-bond acceptors (Lipinski definition) is 5. The molecule has 2 aromatic rings. The topological polar surface area (TPSA) is 69.9 Å². The molecule has 0 saturated heterocycles. The quantitative estimate of drug-likeness (QED) is 0.618. The molecule has 0 atom stereocenters. The van der Waals surface area contributed by atoms with Gasteiger partial charge in [-0.15, -0.1) is 5.10 Å². The first-order valence-corrected chi connectivity index (χ1v) is 6.08. The van der Waals surface area contributed by atoms with E-state index in [4.69, 9.17) is 4.74 Å². The van der Waals surface area contributed by atoms with Gasteiger partial charge in [-0.3, -0.25) is 0 Å². The van der Waals surface area contributed by atoms with Crippen LogP contribution in [0.2, 0.25) is 0 Å². The third kappa shape index (κ3) is 3.37. The van der Waals surface area contributed by atoms with E-state index in [1.165, 1.54) is 16.6 Å². The Morgan fingerprint density at radius 1 is 1.42 bits per heavy atom. The Balaban J connectivity index is 2.03. The maximum absolute atomic E-state index is 11.7. The highest BCUT2D eigenvalue weighted by atomic mass is 16.5. The van der Waals surface area contributed by atoms with Crippen molar-refractivity contribution in [1.82, 2.24) is 20.2 Å². The van der Waals surface area contributed by atoms with Gasteiger partial charge in [-0.25, -0.2) is 9.48 Å². The molecular weight excluding hydrogens is 244 g/mol. The van der Waals surface area contributed by atoms with Gasteiger partial charge in [0.15, 0.2) is 0 Å². The number of hydrogen-bond donors (Lipinski definition) is 0. The van der Waals surface area contributed by atoms with Crippen LogP contribution in [0.1, 0.15) is 30.9 Å². The standard InChI is InChI=1S/C13H16N4O2/c1-9(2)12-5-4-11(6-10(12)3)19-13(18)7-17-8-14-15-16-17/h4-6,8-9H,7H2,1-3H3. The summed E-state index contributed by atoms with van der Waals surface area (Å²) in [5.41, 5.74) is 2.36. The minimum atomic E-state index is -0.399. The molecule has 0 amide bonds. The molecule has 0 bridgehead atoms. The van der Waals surface area contributed by atoms with Gasteiger partial charge in [0.1, 0.15) is 18.6 Å². The van der Waals surface area contributed by atoms with Crippen molar-refractivity contribution in [3.05, 3.63) is 35.7 Å². The second kappa shape index (κ2) is 5.60. The zero-order valence-electron chi connectivity index (χ0n) is 11.2. The van der Waals surface area contributed by atoms with Gasteiger partial charge in [-0.1, -0.05) is 19.9 Å². The van der Waals surface area contributed by atoms with Crippen molar-refractivity contribution in [3.63, 3.8) is 0 Å². The van der Waals surface area contributed by atoms with Crippen LogP contribution in [0.5, 0.6) is 5.75 Å². The number of aromatic nitrogens is 4. The number of esters is 1. The van der Waals surface area contributed by atoms with Crippen LogP contribution in [0.15, 0.2) is 24.5 Å². The van der Waals surface area contributed by atoms with Crippen LogP contribution >= 0.6 is 0 Å². The molecule has 0 radical (unpaired) electrons. The van der Waals surface area contributed by atoms with Crippen molar-refractivity contribution in [2.45, 2.75) is 33.2 Å². The fourth-order valence-corrected chi connectivity index (χ4v) is 1.91. The van der Waals surface area contributed by atoms with Gasteiger partial charge in [-0.05, 0) is 46.5 Å². The molecule has 1 aromatic carbocycles. The number of ether oxygens (including phenoxy) is 1. The minimum Gasteiger partial charge on any atom is -0.425 e. The van der Waals surface area contributed by atoms with E-state index in [0.29, 0.717) is 11.7 Å². The Morgan fingerprint density at radius 3 is 2.79 bits per heavy atom. The van der Waals surface area contributed by atoms with Crippen LogP contribution in [0, 0.1) is 6.92 Å². The fraction of sp³-hybridized carbons (Fsp3) is 0.385. The first kappa shape index (κ1) is 13.2. The highest BCUT2D eigenvalue weighted by molar-refractivity contribution is 5.72. The number of aryl methyl sites for hydroxylation is 1. The molecule has 19 heavy (non-hydrogen) atoms. The van der Waals surface area contributed by atoms with E-state index in [1.54, 1.807) is 6.07 Å². The first-order valence-electron chi connectivity index (χ1n) is 6.08. The highest BCUT2D eigenvalue weighted by Gasteiger charge is 2.09. The van der Waals surface area contributed by atoms with Gasteiger partial charge in [0.05, 0.1) is 0 Å². The van der Waals surface area contributed by atoms with Gasteiger partial charge in [-0.2, -0.15) is 0 Å². The molecule has 0 fully saturated rings. The number of nitrogens with zero attached hydrogens (tertiary/aromatic N) is 4. The van der Waals surface area contributed by atoms with Crippen LogP contribution in [0.25, 0.3) is 0 Å². The lowest BCUT2D eigenvalue weighted by molar-refractivity contribution is -0.135. The Labute approximate surface area is 111 Å². The molecule has 100 valence electrons. The average Bonchev–Trinajstić information content (AvgIpc) is 2.81. The summed E-state index contributed by atoms with van der Waals surface area (Å²) in [6.45, 7) is 6.27. The Bertz CT molecular complexity index is 564. The Hall–Kier alpha value is -2.24. The summed E-state index contributed by atoms with van der Waals surface area (Å²) in [6, 6.07) is 5.66. The van der Waals surface area contributed by atoms with Gasteiger partial charge in [0.2, 0.25) is 0 Å². The van der Waals surface area contributed by atoms with E-state index in [0.717, 1.165) is 5.56 Å². The summed E-state index contributed by atoms with van der Waals surface area (Å²) in [7, 11) is 0. The molecule has 0 spiro atoms. The van der Waals surface area contributed by atoms with Crippen LogP contribution in [-0.4, -0.2) is 26.2 Å². The number of carbonyl (C=O) groups is 1. The lowest BCUT2D eigenvalue weighted by Gasteiger charge is -2.11. The molecule has 0 saturated carbocycles. The van der Waals surface area contributed by atoms with Crippen molar-refractivity contribution >= 4 is 5.97 Å². The van der Waals surface area contributed by atoms with E-state index in [-0.39, 0.29) is 6.54 Å². The molecule has 6 heteroatoms. The van der Waals surface area contributed by atoms with Gasteiger partial charge in [0, 0.05) is 0 Å². The van der Waals surface area contributed by atoms with Crippen LogP contribution in [0.3, 0.4) is 0 Å². The SMILES string of the molecule is Cc1cc(OC(=O)Cn2cnnn2)ccc1C(C)C. The summed E-state index contributed by atoms with van der Waals surface area (Å²) in [6.07, 6.45) is 1.37. The second-order valence-corrected chi connectivity index (χ2v) is 4.65. The van der Waals surface area contributed by atoms with E-state index in [1.807, 2.05) is 19.1 Å². The number of rotatable bonds is 4. The highest BCUT2D eigenvalue weighted by Crippen LogP contribution is 2.23. The van der Waals surface area contributed by atoms with E-state index < -0.39 is 5.97 Å². The normalized spacial score (nSPS) is 10.7. The first-order chi connectivity index (χ1) is 9.06. The fourth-order valence-electron chi connectivity index (χ4n) is 1.91. The monoisotopic (exact) mass is 260 g/mol. The molecule has 0 unspecified atom stereocenters.